The number of hydrogen-bond donors (Lipinski definition) is 1. The molecule has 2 heterocycles. The Morgan fingerprint density at radius 1 is 1.20 bits per heavy atom. The minimum Gasteiger partial charge on any atom is -0.301 e. The monoisotopic (exact) mass is 345 g/mol. The summed E-state index contributed by atoms with van der Waals surface area (Å²) in [5, 5.41) is 3.12. The van der Waals surface area contributed by atoms with E-state index in [1.54, 1.807) is 0 Å². The molecule has 0 aromatic heterocycles. The molecule has 138 valence electrons. The van der Waals surface area contributed by atoms with E-state index in [-0.39, 0.29) is 6.03 Å². The zero-order valence-electron chi connectivity index (χ0n) is 16.3. The Labute approximate surface area is 153 Å². The summed E-state index contributed by atoms with van der Waals surface area (Å²) < 4.78 is 1.52. The van der Waals surface area contributed by atoms with Crippen LogP contribution in [-0.2, 0) is 0 Å². The van der Waals surface area contributed by atoms with Crippen LogP contribution < -0.4 is 5.32 Å². The molecule has 2 fully saturated rings. The van der Waals surface area contributed by atoms with Gasteiger partial charge in [0.05, 0.1) is 20.1 Å². The second-order valence-corrected chi connectivity index (χ2v) is 8.71. The highest BCUT2D eigenvalue weighted by molar-refractivity contribution is 5.68. The molecule has 1 aliphatic carbocycles. The van der Waals surface area contributed by atoms with Crippen LogP contribution in [0.5, 0.6) is 0 Å². The van der Waals surface area contributed by atoms with Crippen molar-refractivity contribution in [3.8, 4) is 0 Å². The lowest BCUT2D eigenvalue weighted by molar-refractivity contribution is -1.01. The first-order chi connectivity index (χ1) is 11.9. The van der Waals surface area contributed by atoms with Crippen LogP contribution in [0.15, 0.2) is 35.6 Å². The molecule has 4 heteroatoms. The lowest BCUT2D eigenvalue weighted by Gasteiger charge is -2.38. The first kappa shape index (κ1) is 18.4. The SMILES string of the molecule is C=C(C)CNC(=O)[N+]1(C)C[N+]2(CCCCCCC2)C2CC(C)=CC=C21. The number of carbonyl (C=O) groups is 1. The molecule has 0 saturated carbocycles. The lowest BCUT2D eigenvalue weighted by atomic mass is 9.94. The number of urea groups is 1. The van der Waals surface area contributed by atoms with Gasteiger partial charge in [0.2, 0.25) is 6.67 Å². The third-order valence-corrected chi connectivity index (χ3v) is 6.39. The van der Waals surface area contributed by atoms with Crippen LogP contribution in [0, 0.1) is 0 Å². The molecule has 2 atom stereocenters. The van der Waals surface area contributed by atoms with Gasteiger partial charge in [-0.2, -0.15) is 4.48 Å². The Morgan fingerprint density at radius 3 is 2.48 bits per heavy atom. The highest BCUT2D eigenvalue weighted by Gasteiger charge is 2.61. The van der Waals surface area contributed by atoms with E-state index in [1.807, 2.05) is 6.92 Å². The first-order valence-electron chi connectivity index (χ1n) is 9.89. The third kappa shape index (κ3) is 3.47. The van der Waals surface area contributed by atoms with Crippen molar-refractivity contribution in [1.82, 2.24) is 5.32 Å². The van der Waals surface area contributed by atoms with E-state index in [4.69, 9.17) is 0 Å². The van der Waals surface area contributed by atoms with Crippen LogP contribution in [0.2, 0.25) is 0 Å². The van der Waals surface area contributed by atoms with E-state index in [1.165, 1.54) is 56.5 Å². The molecule has 2 amide bonds. The van der Waals surface area contributed by atoms with Crippen LogP contribution >= 0.6 is 0 Å². The van der Waals surface area contributed by atoms with Gasteiger partial charge in [-0.3, -0.25) is 4.48 Å². The standard InChI is InChI=1S/C21H34N3O/c1-17(2)15-22-21(25)23(4)16-24(12-8-6-5-7-9-13-24)20-14-18(3)10-11-19(20)23/h10-11,20H,1,5-9,12-16H2,2-4H3/q+1/p+1. The van der Waals surface area contributed by atoms with Gasteiger partial charge in [0.1, 0.15) is 0 Å². The summed E-state index contributed by atoms with van der Waals surface area (Å²) >= 11 is 0. The van der Waals surface area contributed by atoms with Crippen molar-refractivity contribution in [3.05, 3.63) is 35.6 Å². The van der Waals surface area contributed by atoms with Crippen LogP contribution in [0.3, 0.4) is 0 Å². The fourth-order valence-corrected chi connectivity index (χ4v) is 5.06. The second-order valence-electron chi connectivity index (χ2n) is 8.71. The van der Waals surface area contributed by atoms with Crippen LogP contribution in [0.25, 0.3) is 0 Å². The molecule has 3 rings (SSSR count). The van der Waals surface area contributed by atoms with E-state index in [2.05, 4.69) is 38.0 Å². The smallest absolute Gasteiger partial charge is 0.301 e. The van der Waals surface area contributed by atoms with Crippen molar-refractivity contribution >= 4 is 6.03 Å². The minimum absolute atomic E-state index is 0.129. The fraction of sp³-hybridized carbons (Fsp3) is 0.667. The molecule has 2 aliphatic heterocycles. The molecule has 1 N–H and O–H groups in total. The maximum Gasteiger partial charge on any atom is 0.426 e. The fourth-order valence-electron chi connectivity index (χ4n) is 5.06. The van der Waals surface area contributed by atoms with Crippen molar-refractivity contribution in [2.45, 2.75) is 58.4 Å². The number of nitrogens with zero attached hydrogens (tertiary/aromatic N) is 2. The van der Waals surface area contributed by atoms with Crippen LogP contribution in [-0.4, -0.2) is 54.4 Å². The predicted octanol–water partition coefficient (Wildman–Crippen LogP) is 4.07. The van der Waals surface area contributed by atoms with Gasteiger partial charge in [-0.1, -0.05) is 30.2 Å². The van der Waals surface area contributed by atoms with Gasteiger partial charge in [0.15, 0.2) is 11.7 Å². The highest BCUT2D eigenvalue weighted by Crippen LogP contribution is 2.43. The summed E-state index contributed by atoms with van der Waals surface area (Å²) in [6.45, 7) is 12.0. The molecule has 3 aliphatic rings. The molecular formula is C21H35N3O+2. The molecule has 25 heavy (non-hydrogen) atoms. The molecule has 0 radical (unpaired) electrons. The predicted molar refractivity (Wildman–Crippen MR) is 103 cm³/mol. The van der Waals surface area contributed by atoms with Crippen molar-refractivity contribution in [1.29, 1.82) is 0 Å². The molecule has 0 aromatic rings. The number of likely N-dealkylation sites (N-methyl/N-ethyl adjacent to an activating group) is 1. The highest BCUT2D eigenvalue weighted by atomic mass is 16.2. The maximum absolute atomic E-state index is 13.1. The number of hydrogen-bond acceptors (Lipinski definition) is 1. The summed E-state index contributed by atoms with van der Waals surface area (Å²) in [5.74, 6) is 0. The topological polar surface area (TPSA) is 29.1 Å². The van der Waals surface area contributed by atoms with E-state index in [0.29, 0.717) is 17.1 Å². The summed E-state index contributed by atoms with van der Waals surface area (Å²) in [5.41, 5.74) is 3.76. The largest absolute Gasteiger partial charge is 0.426 e. The molecular weight excluding hydrogens is 310 g/mol. The van der Waals surface area contributed by atoms with E-state index >= 15 is 0 Å². The Balaban J connectivity index is 1.93. The summed E-state index contributed by atoms with van der Waals surface area (Å²) in [6.07, 6.45) is 12.2. The van der Waals surface area contributed by atoms with Crippen molar-refractivity contribution in [2.24, 2.45) is 0 Å². The average Bonchev–Trinajstić information content (AvgIpc) is 2.79. The van der Waals surface area contributed by atoms with E-state index in [0.717, 1.165) is 23.1 Å². The number of nitrogens with one attached hydrogen (secondary N) is 1. The van der Waals surface area contributed by atoms with Gasteiger partial charge in [-0.15, -0.1) is 0 Å². The van der Waals surface area contributed by atoms with Crippen molar-refractivity contribution in [2.75, 3.05) is 33.4 Å². The first-order valence-corrected chi connectivity index (χ1v) is 9.89. The van der Waals surface area contributed by atoms with Gasteiger partial charge in [-0.25, -0.2) is 4.79 Å². The Morgan fingerprint density at radius 2 is 1.84 bits per heavy atom. The molecule has 2 saturated heterocycles. The van der Waals surface area contributed by atoms with Gasteiger partial charge in [-0.05, 0) is 39.5 Å². The van der Waals surface area contributed by atoms with Crippen LogP contribution in [0.1, 0.15) is 52.4 Å². The van der Waals surface area contributed by atoms with Gasteiger partial charge in [0, 0.05) is 19.0 Å². The summed E-state index contributed by atoms with van der Waals surface area (Å²) in [7, 11) is 2.12. The lowest BCUT2D eigenvalue weighted by Crippen LogP contribution is -2.58. The zero-order chi connectivity index (χ0) is 18.1. The Bertz CT molecular complexity index is 611. The van der Waals surface area contributed by atoms with E-state index < -0.39 is 0 Å². The summed E-state index contributed by atoms with van der Waals surface area (Å²) in [6, 6.07) is 0.605. The summed E-state index contributed by atoms with van der Waals surface area (Å²) in [4.78, 5) is 13.1. The van der Waals surface area contributed by atoms with Crippen LogP contribution in [0.4, 0.5) is 4.79 Å². The molecule has 2 unspecified atom stereocenters. The number of allylic oxidation sites excluding steroid dienone is 2. The van der Waals surface area contributed by atoms with E-state index in [9.17, 15) is 4.79 Å². The second kappa shape index (κ2) is 7.08. The van der Waals surface area contributed by atoms with Crippen molar-refractivity contribution < 1.29 is 13.8 Å². The zero-order valence-corrected chi connectivity index (χ0v) is 16.3. The van der Waals surface area contributed by atoms with Gasteiger partial charge in [0.25, 0.3) is 0 Å². The number of fused-ring (bicyclic) bond motifs is 2. The molecule has 0 aromatic carbocycles. The average molecular weight is 346 g/mol. The number of quaternary nitrogens is 2. The normalized spacial score (nSPS) is 31.4. The maximum atomic E-state index is 13.1. The number of amides is 2. The Kier molecular flexibility index (Phi) is 5.21. The third-order valence-electron chi connectivity index (χ3n) is 6.39. The minimum atomic E-state index is 0.129. The van der Waals surface area contributed by atoms with Gasteiger partial charge >= 0.3 is 6.03 Å². The number of rotatable bonds is 2. The molecule has 0 bridgehead atoms. The van der Waals surface area contributed by atoms with Crippen molar-refractivity contribution in [3.63, 3.8) is 0 Å². The van der Waals surface area contributed by atoms with Gasteiger partial charge < -0.3 is 5.32 Å². The Hall–Kier alpha value is -1.39. The quantitative estimate of drug-likeness (QED) is 0.593. The molecule has 4 nitrogen and oxygen atoms in total. The molecule has 1 spiro atoms. The number of carbonyl (C=O) groups excluding carboxylic acids is 1.